The number of ether oxygens (including phenoxy) is 2. The molecule has 0 aromatic heterocycles. The summed E-state index contributed by atoms with van der Waals surface area (Å²) in [6.07, 6.45) is -0.791. The molecule has 0 aliphatic carbocycles. The van der Waals surface area contributed by atoms with Crippen molar-refractivity contribution in [3.63, 3.8) is 0 Å². The molecule has 0 aliphatic heterocycles. The number of alkyl carbamates (subject to hydrolysis) is 1. The van der Waals surface area contributed by atoms with Crippen LogP contribution in [-0.2, 0) is 30.3 Å². The highest BCUT2D eigenvalue weighted by molar-refractivity contribution is 5.93. The second-order valence-corrected chi connectivity index (χ2v) is 9.49. The van der Waals surface area contributed by atoms with Gasteiger partial charge in [0.15, 0.2) is 0 Å². The molecule has 0 radical (unpaired) electrons. The molecule has 2 atom stereocenters. The van der Waals surface area contributed by atoms with Crippen LogP contribution in [0.4, 0.5) is 4.79 Å². The quantitative estimate of drug-likeness (QED) is 0.342. The first-order valence-electron chi connectivity index (χ1n) is 12.1. The minimum atomic E-state index is -1.24. The van der Waals surface area contributed by atoms with Crippen molar-refractivity contribution in [1.29, 1.82) is 0 Å². The largest absolute Gasteiger partial charge is 0.508 e. The molecule has 0 heterocycles. The predicted octanol–water partition coefficient (Wildman–Crippen LogP) is 2.41. The van der Waals surface area contributed by atoms with Crippen molar-refractivity contribution in [1.82, 2.24) is 15.5 Å². The van der Waals surface area contributed by atoms with Crippen LogP contribution in [-0.4, -0.2) is 70.8 Å². The van der Waals surface area contributed by atoms with Gasteiger partial charge in [-0.15, -0.1) is 0 Å². The summed E-state index contributed by atoms with van der Waals surface area (Å²) in [4.78, 5) is 52.7. The summed E-state index contributed by atoms with van der Waals surface area (Å²) in [5.74, 6) is -2.05. The number of hydrogen-bond acceptors (Lipinski definition) is 8. The monoisotopic (exact) mass is 529 g/mol. The lowest BCUT2D eigenvalue weighted by Crippen LogP contribution is -2.54. The third-order valence-corrected chi connectivity index (χ3v) is 5.37. The molecule has 0 fully saturated rings. The number of benzene rings is 2. The first kappa shape index (κ1) is 29.9. The Balaban J connectivity index is 2.46. The van der Waals surface area contributed by atoms with Gasteiger partial charge in [0.2, 0.25) is 11.8 Å². The van der Waals surface area contributed by atoms with Crippen molar-refractivity contribution in [2.75, 3.05) is 20.2 Å². The minimum Gasteiger partial charge on any atom is -0.508 e. The molecule has 2 aromatic carbocycles. The van der Waals surface area contributed by atoms with Gasteiger partial charge in [0.1, 0.15) is 35.7 Å². The van der Waals surface area contributed by atoms with Crippen LogP contribution in [0.15, 0.2) is 48.5 Å². The van der Waals surface area contributed by atoms with Crippen molar-refractivity contribution < 1.29 is 38.9 Å². The Labute approximate surface area is 221 Å². The van der Waals surface area contributed by atoms with E-state index in [-0.39, 0.29) is 24.5 Å². The van der Waals surface area contributed by atoms with Gasteiger partial charge in [-0.1, -0.05) is 24.3 Å². The van der Waals surface area contributed by atoms with Gasteiger partial charge in [-0.25, -0.2) is 4.79 Å². The molecular weight excluding hydrogens is 494 g/mol. The lowest BCUT2D eigenvalue weighted by molar-refractivity contribution is -0.144. The SMILES string of the molecule is CCN(C(=O)C(Cc1ccc(O)cc1)NC(=O)OC(C)(C)C)C(C(=O)NCC(=O)OC)c1cccc(O)c1. The summed E-state index contributed by atoms with van der Waals surface area (Å²) in [5.41, 5.74) is 0.110. The highest BCUT2D eigenvalue weighted by Gasteiger charge is 2.36. The van der Waals surface area contributed by atoms with E-state index in [4.69, 9.17) is 4.74 Å². The second-order valence-electron chi connectivity index (χ2n) is 9.49. The smallest absolute Gasteiger partial charge is 0.408 e. The number of methoxy groups -OCH3 is 1. The number of hydrogen-bond donors (Lipinski definition) is 4. The summed E-state index contributed by atoms with van der Waals surface area (Å²) in [7, 11) is 1.18. The second kappa shape index (κ2) is 13.3. The number of likely N-dealkylation sites (N-methyl/N-ethyl adjacent to an activating group) is 1. The number of nitrogens with zero attached hydrogens (tertiary/aromatic N) is 1. The average Bonchev–Trinajstić information content (AvgIpc) is 2.84. The maximum atomic E-state index is 13.9. The molecule has 206 valence electrons. The number of phenols is 2. The molecule has 0 saturated carbocycles. The summed E-state index contributed by atoms with van der Waals surface area (Å²) in [6, 6.07) is 9.59. The van der Waals surface area contributed by atoms with Gasteiger partial charge in [-0.05, 0) is 63.1 Å². The highest BCUT2D eigenvalue weighted by Crippen LogP contribution is 2.26. The van der Waals surface area contributed by atoms with E-state index in [1.807, 2.05) is 0 Å². The normalized spacial score (nSPS) is 12.6. The number of aromatic hydroxyl groups is 2. The summed E-state index contributed by atoms with van der Waals surface area (Å²) >= 11 is 0. The van der Waals surface area contributed by atoms with E-state index in [1.54, 1.807) is 45.9 Å². The lowest BCUT2D eigenvalue weighted by atomic mass is 10.00. The maximum absolute atomic E-state index is 13.9. The van der Waals surface area contributed by atoms with Gasteiger partial charge in [0.05, 0.1) is 7.11 Å². The summed E-state index contributed by atoms with van der Waals surface area (Å²) in [5, 5.41) is 24.7. The van der Waals surface area contributed by atoms with Gasteiger partial charge in [0, 0.05) is 13.0 Å². The van der Waals surface area contributed by atoms with Crippen LogP contribution in [0.5, 0.6) is 11.5 Å². The minimum absolute atomic E-state index is 0.0331. The number of carbonyl (C=O) groups excluding carboxylic acids is 4. The molecule has 0 aliphatic rings. The van der Waals surface area contributed by atoms with Gasteiger partial charge in [0.25, 0.3) is 0 Å². The van der Waals surface area contributed by atoms with E-state index in [2.05, 4.69) is 15.4 Å². The van der Waals surface area contributed by atoms with Crippen molar-refractivity contribution >= 4 is 23.9 Å². The fraction of sp³-hybridized carbons (Fsp3) is 0.407. The molecule has 11 nitrogen and oxygen atoms in total. The highest BCUT2D eigenvalue weighted by atomic mass is 16.6. The molecule has 3 amide bonds. The molecule has 4 N–H and O–H groups in total. The zero-order valence-corrected chi connectivity index (χ0v) is 22.2. The molecule has 2 unspecified atom stereocenters. The first-order chi connectivity index (χ1) is 17.8. The van der Waals surface area contributed by atoms with E-state index in [9.17, 15) is 29.4 Å². The fourth-order valence-electron chi connectivity index (χ4n) is 3.68. The summed E-state index contributed by atoms with van der Waals surface area (Å²) in [6.45, 7) is 6.34. The standard InChI is InChI=1S/C27H35N3O8/c1-6-30(23(18-8-7-9-20(32)15-18)24(34)28-16-22(33)37-5)25(35)21(29-26(36)38-27(2,3)4)14-17-10-12-19(31)13-11-17/h7-13,15,21,23,31-32H,6,14,16H2,1-5H3,(H,28,34)(H,29,36). The number of esters is 1. The van der Waals surface area contributed by atoms with Crippen LogP contribution in [0.25, 0.3) is 0 Å². The van der Waals surface area contributed by atoms with Crippen LogP contribution < -0.4 is 10.6 Å². The molecule has 0 bridgehead atoms. The van der Waals surface area contributed by atoms with E-state index in [0.717, 1.165) is 0 Å². The molecule has 0 saturated heterocycles. The number of carbonyl (C=O) groups is 4. The van der Waals surface area contributed by atoms with Crippen LogP contribution in [0.2, 0.25) is 0 Å². The molecule has 11 heteroatoms. The Bertz CT molecular complexity index is 1130. The van der Waals surface area contributed by atoms with Crippen LogP contribution >= 0.6 is 0 Å². The number of nitrogens with one attached hydrogen (secondary N) is 2. The third-order valence-electron chi connectivity index (χ3n) is 5.37. The van der Waals surface area contributed by atoms with Gasteiger partial charge in [-0.2, -0.15) is 0 Å². The Morgan fingerprint density at radius 1 is 1.00 bits per heavy atom. The van der Waals surface area contributed by atoms with E-state index in [1.165, 1.54) is 42.3 Å². The topological polar surface area (TPSA) is 154 Å². The number of phenolic OH excluding ortho intramolecular Hbond substituents is 2. The predicted molar refractivity (Wildman–Crippen MR) is 138 cm³/mol. The molecule has 38 heavy (non-hydrogen) atoms. The Hall–Kier alpha value is -4.28. The van der Waals surface area contributed by atoms with Crippen molar-refractivity contribution in [3.8, 4) is 11.5 Å². The van der Waals surface area contributed by atoms with Crippen molar-refractivity contribution in [2.24, 2.45) is 0 Å². The summed E-state index contributed by atoms with van der Waals surface area (Å²) < 4.78 is 9.93. The number of amides is 3. The Kier molecular flexibility index (Phi) is 10.5. The maximum Gasteiger partial charge on any atom is 0.408 e. The van der Waals surface area contributed by atoms with Gasteiger partial charge < -0.3 is 35.2 Å². The van der Waals surface area contributed by atoms with Crippen molar-refractivity contribution in [3.05, 3.63) is 59.7 Å². The van der Waals surface area contributed by atoms with E-state index in [0.29, 0.717) is 11.1 Å². The Morgan fingerprint density at radius 3 is 2.21 bits per heavy atom. The lowest BCUT2D eigenvalue weighted by Gasteiger charge is -2.33. The zero-order chi connectivity index (χ0) is 28.5. The molecular formula is C27H35N3O8. The Morgan fingerprint density at radius 2 is 1.66 bits per heavy atom. The average molecular weight is 530 g/mol. The number of rotatable bonds is 10. The first-order valence-corrected chi connectivity index (χ1v) is 12.1. The molecule has 2 aromatic rings. The zero-order valence-electron chi connectivity index (χ0n) is 22.2. The molecule has 2 rings (SSSR count). The van der Waals surface area contributed by atoms with E-state index < -0.39 is 48.1 Å². The van der Waals surface area contributed by atoms with Gasteiger partial charge in [-0.3, -0.25) is 14.4 Å². The third kappa shape index (κ3) is 8.99. The van der Waals surface area contributed by atoms with Gasteiger partial charge >= 0.3 is 12.1 Å². The van der Waals surface area contributed by atoms with E-state index >= 15 is 0 Å². The fourth-order valence-corrected chi connectivity index (χ4v) is 3.68. The van der Waals surface area contributed by atoms with Crippen LogP contribution in [0.3, 0.4) is 0 Å². The van der Waals surface area contributed by atoms with Crippen LogP contribution in [0.1, 0.15) is 44.9 Å². The van der Waals surface area contributed by atoms with Crippen molar-refractivity contribution in [2.45, 2.75) is 51.8 Å². The molecule has 0 spiro atoms. The van der Waals surface area contributed by atoms with Crippen LogP contribution in [0, 0.1) is 0 Å².